The Hall–Kier alpha value is -3.66. The molecule has 10 heteroatoms. The van der Waals surface area contributed by atoms with Crippen LogP contribution in [-0.2, 0) is 10.0 Å². The Balaban J connectivity index is 1.94. The number of hydrogen-bond acceptors (Lipinski definition) is 5. The normalized spacial score (nSPS) is 11.2. The van der Waals surface area contributed by atoms with E-state index in [-0.39, 0.29) is 22.0 Å². The van der Waals surface area contributed by atoms with Crippen molar-refractivity contribution in [3.05, 3.63) is 81.7 Å². The number of nitro benzene ring substituents is 1. The van der Waals surface area contributed by atoms with Gasteiger partial charge in [-0.3, -0.25) is 14.8 Å². The summed E-state index contributed by atoms with van der Waals surface area (Å²) in [5.41, 5.74) is 1.62. The number of carboxylic acid groups (broad SMARTS) is 1. The molecule has 2 aromatic carbocycles. The van der Waals surface area contributed by atoms with E-state index < -0.39 is 20.9 Å². The van der Waals surface area contributed by atoms with E-state index in [4.69, 9.17) is 0 Å². The van der Waals surface area contributed by atoms with Gasteiger partial charge in [0.05, 0.1) is 9.82 Å². The summed E-state index contributed by atoms with van der Waals surface area (Å²) in [7, 11) is -4.05. The summed E-state index contributed by atoms with van der Waals surface area (Å²) in [5.74, 6) is -1.08. The lowest BCUT2D eigenvalue weighted by Crippen LogP contribution is -2.14. The summed E-state index contributed by atoms with van der Waals surface area (Å²) >= 11 is 0. The lowest BCUT2D eigenvalue weighted by Gasteiger charge is -2.13. The number of aromatic carboxylic acids is 1. The molecule has 2 N–H and O–H groups in total. The molecule has 150 valence electrons. The van der Waals surface area contributed by atoms with Crippen LogP contribution in [0.1, 0.15) is 21.6 Å². The highest BCUT2D eigenvalue weighted by molar-refractivity contribution is 7.92. The highest BCUT2D eigenvalue weighted by atomic mass is 32.2. The molecule has 0 saturated heterocycles. The zero-order valence-corrected chi connectivity index (χ0v) is 16.3. The van der Waals surface area contributed by atoms with Crippen LogP contribution in [0.3, 0.4) is 0 Å². The van der Waals surface area contributed by atoms with Crippen molar-refractivity contribution >= 4 is 27.4 Å². The number of rotatable bonds is 6. The van der Waals surface area contributed by atoms with E-state index in [2.05, 4.69) is 4.72 Å². The average Bonchev–Trinajstić information content (AvgIpc) is 3.11. The van der Waals surface area contributed by atoms with Crippen LogP contribution in [0, 0.1) is 24.0 Å². The van der Waals surface area contributed by atoms with Gasteiger partial charge < -0.3 is 9.67 Å². The van der Waals surface area contributed by atoms with Gasteiger partial charge in [0.25, 0.3) is 15.7 Å². The molecule has 0 amide bonds. The molecule has 1 heterocycles. The summed E-state index contributed by atoms with van der Waals surface area (Å²) < 4.78 is 29.2. The molecular weight excluding hydrogens is 398 g/mol. The van der Waals surface area contributed by atoms with Gasteiger partial charge in [-0.2, -0.15) is 0 Å². The summed E-state index contributed by atoms with van der Waals surface area (Å²) in [5, 5.41) is 20.3. The van der Waals surface area contributed by atoms with Gasteiger partial charge >= 0.3 is 5.97 Å². The van der Waals surface area contributed by atoms with Gasteiger partial charge in [0.2, 0.25) is 0 Å². The van der Waals surface area contributed by atoms with Gasteiger partial charge in [-0.1, -0.05) is 6.07 Å². The number of sulfonamides is 1. The molecule has 0 atom stereocenters. The average molecular weight is 415 g/mol. The molecule has 0 fully saturated rings. The quantitative estimate of drug-likeness (QED) is 0.468. The maximum atomic E-state index is 12.6. The molecule has 0 radical (unpaired) electrons. The number of benzene rings is 2. The molecule has 0 saturated carbocycles. The lowest BCUT2D eigenvalue weighted by atomic mass is 10.1. The summed E-state index contributed by atoms with van der Waals surface area (Å²) in [6.45, 7) is 3.24. The fourth-order valence-electron chi connectivity index (χ4n) is 2.92. The van der Waals surface area contributed by atoms with Crippen molar-refractivity contribution < 1.29 is 23.2 Å². The first-order valence-corrected chi connectivity index (χ1v) is 9.88. The Labute approximate surface area is 166 Å². The van der Waals surface area contributed by atoms with Crippen LogP contribution in [0.5, 0.6) is 0 Å². The molecule has 0 spiro atoms. The zero-order valence-electron chi connectivity index (χ0n) is 15.5. The third kappa shape index (κ3) is 3.97. The van der Waals surface area contributed by atoms with E-state index in [1.54, 1.807) is 31.3 Å². The molecule has 1 aromatic heterocycles. The summed E-state index contributed by atoms with van der Waals surface area (Å²) in [4.78, 5) is 21.5. The van der Waals surface area contributed by atoms with Crippen molar-refractivity contribution in [3.63, 3.8) is 0 Å². The van der Waals surface area contributed by atoms with Crippen molar-refractivity contribution in [1.29, 1.82) is 0 Å². The largest absolute Gasteiger partial charge is 0.477 e. The maximum Gasteiger partial charge on any atom is 0.352 e. The Morgan fingerprint density at radius 1 is 1.10 bits per heavy atom. The van der Waals surface area contributed by atoms with Crippen LogP contribution in [0.25, 0.3) is 5.69 Å². The fraction of sp³-hybridized carbons (Fsp3) is 0.105. The molecule has 0 aliphatic heterocycles. The molecule has 3 aromatic rings. The maximum absolute atomic E-state index is 12.6. The van der Waals surface area contributed by atoms with E-state index in [9.17, 15) is 28.4 Å². The van der Waals surface area contributed by atoms with Crippen LogP contribution in [0.15, 0.2) is 59.6 Å². The predicted molar refractivity (Wildman–Crippen MR) is 106 cm³/mol. The number of nitrogens with zero attached hydrogens (tertiary/aromatic N) is 2. The second-order valence-electron chi connectivity index (χ2n) is 6.38. The number of carbonyl (C=O) groups is 1. The van der Waals surface area contributed by atoms with Gasteiger partial charge in [0.15, 0.2) is 0 Å². The Morgan fingerprint density at radius 2 is 1.83 bits per heavy atom. The monoisotopic (exact) mass is 415 g/mol. The van der Waals surface area contributed by atoms with Gasteiger partial charge in [0, 0.05) is 29.2 Å². The van der Waals surface area contributed by atoms with Gasteiger partial charge in [-0.05, 0) is 55.8 Å². The molecule has 0 aliphatic carbocycles. The SMILES string of the molecule is Cc1cc(NS(=O)(=O)c2ccc(C)c([N+](=O)[O-])c2)ccc1-n1cccc1C(=O)O. The number of nitro groups is 1. The van der Waals surface area contributed by atoms with Crippen molar-refractivity contribution in [1.82, 2.24) is 4.57 Å². The first-order valence-electron chi connectivity index (χ1n) is 8.39. The molecule has 3 rings (SSSR count). The topological polar surface area (TPSA) is 132 Å². The number of nitrogens with one attached hydrogen (secondary N) is 1. The second-order valence-corrected chi connectivity index (χ2v) is 8.06. The highest BCUT2D eigenvalue weighted by Crippen LogP contribution is 2.26. The van der Waals surface area contributed by atoms with Gasteiger partial charge in [0.1, 0.15) is 5.69 Å². The van der Waals surface area contributed by atoms with Crippen molar-refractivity contribution in [2.75, 3.05) is 4.72 Å². The second kappa shape index (κ2) is 7.40. The molecular formula is C19H17N3O6S. The number of aryl methyl sites for hydroxylation is 2. The fourth-order valence-corrected chi connectivity index (χ4v) is 3.99. The molecule has 9 nitrogen and oxygen atoms in total. The molecule has 0 bridgehead atoms. The van der Waals surface area contributed by atoms with Gasteiger partial charge in [-0.25, -0.2) is 13.2 Å². The van der Waals surface area contributed by atoms with Crippen LogP contribution >= 0.6 is 0 Å². The van der Waals surface area contributed by atoms with Crippen molar-refractivity contribution in [2.45, 2.75) is 18.7 Å². The minimum atomic E-state index is -4.05. The summed E-state index contributed by atoms with van der Waals surface area (Å²) in [6, 6.07) is 11.4. The third-order valence-corrected chi connectivity index (χ3v) is 5.74. The Kier molecular flexibility index (Phi) is 5.12. The van der Waals surface area contributed by atoms with Crippen molar-refractivity contribution in [2.24, 2.45) is 0 Å². The number of carboxylic acids is 1. The zero-order chi connectivity index (χ0) is 21.3. The van der Waals surface area contributed by atoms with Crippen LogP contribution in [0.2, 0.25) is 0 Å². The first kappa shape index (κ1) is 20.1. The third-order valence-electron chi connectivity index (χ3n) is 4.36. The van der Waals surface area contributed by atoms with E-state index in [0.717, 1.165) is 6.07 Å². The molecule has 0 aliphatic rings. The lowest BCUT2D eigenvalue weighted by molar-refractivity contribution is -0.385. The Bertz CT molecular complexity index is 1230. The standard InChI is InChI=1S/C19H17N3O6S/c1-12-5-7-15(11-18(12)22(25)26)29(27,28)20-14-6-8-16(13(2)10-14)21-9-3-4-17(21)19(23)24/h3-11,20H,1-2H3,(H,23,24). The smallest absolute Gasteiger partial charge is 0.352 e. The predicted octanol–water partition coefficient (Wildman–Crippen LogP) is 3.50. The van der Waals surface area contributed by atoms with Gasteiger partial charge in [-0.15, -0.1) is 0 Å². The number of hydrogen-bond donors (Lipinski definition) is 2. The molecule has 29 heavy (non-hydrogen) atoms. The summed E-state index contributed by atoms with van der Waals surface area (Å²) in [6.07, 6.45) is 1.60. The first-order chi connectivity index (χ1) is 13.6. The number of anilines is 1. The Morgan fingerprint density at radius 3 is 2.45 bits per heavy atom. The van der Waals surface area contributed by atoms with Crippen LogP contribution in [0.4, 0.5) is 11.4 Å². The van der Waals surface area contributed by atoms with Crippen LogP contribution < -0.4 is 4.72 Å². The van der Waals surface area contributed by atoms with E-state index >= 15 is 0 Å². The number of aromatic nitrogens is 1. The minimum Gasteiger partial charge on any atom is -0.477 e. The minimum absolute atomic E-state index is 0.0772. The highest BCUT2D eigenvalue weighted by Gasteiger charge is 2.20. The van der Waals surface area contributed by atoms with Crippen LogP contribution in [-0.4, -0.2) is 29.0 Å². The van der Waals surface area contributed by atoms with Crippen molar-refractivity contribution in [3.8, 4) is 5.69 Å². The molecule has 0 unspecified atom stereocenters. The van der Waals surface area contributed by atoms with E-state index in [1.807, 2.05) is 0 Å². The van der Waals surface area contributed by atoms with E-state index in [0.29, 0.717) is 16.8 Å². The van der Waals surface area contributed by atoms with E-state index in [1.165, 1.54) is 35.8 Å².